The third kappa shape index (κ3) is 1.85. The van der Waals surface area contributed by atoms with Crippen molar-refractivity contribution in [1.29, 1.82) is 0 Å². The molecule has 6 nitrogen and oxygen atoms in total. The summed E-state index contributed by atoms with van der Waals surface area (Å²) in [6.07, 6.45) is 7.29. The Morgan fingerprint density at radius 2 is 1.90 bits per heavy atom. The Kier molecular flexibility index (Phi) is 2.47. The smallest absolute Gasteiger partial charge is 0.180 e. The predicted octanol–water partition coefficient (Wildman–Crippen LogP) is 2.37. The fourth-order valence-electron chi connectivity index (χ4n) is 2.36. The number of aromatic nitrogens is 5. The van der Waals surface area contributed by atoms with Gasteiger partial charge in [-0.3, -0.25) is 9.50 Å². The third-order valence-corrected chi connectivity index (χ3v) is 3.38. The van der Waals surface area contributed by atoms with E-state index in [-0.39, 0.29) is 0 Å². The Hall–Kier alpha value is -3.15. The summed E-state index contributed by atoms with van der Waals surface area (Å²) in [7, 11) is 0. The van der Waals surface area contributed by atoms with Gasteiger partial charge in [-0.15, -0.1) is 0 Å². The first-order valence-corrected chi connectivity index (χ1v) is 6.51. The van der Waals surface area contributed by atoms with Crippen molar-refractivity contribution in [3.63, 3.8) is 0 Å². The van der Waals surface area contributed by atoms with Gasteiger partial charge in [-0.25, -0.2) is 9.97 Å². The number of rotatable bonds is 2. The Balaban J connectivity index is 1.98. The van der Waals surface area contributed by atoms with E-state index in [2.05, 4.69) is 20.2 Å². The number of fused-ring (bicyclic) bond motifs is 1. The molecule has 0 radical (unpaired) electrons. The number of H-pyrrole nitrogens is 1. The summed E-state index contributed by atoms with van der Waals surface area (Å²) in [5, 5.41) is 6.78. The van der Waals surface area contributed by atoms with E-state index in [0.717, 1.165) is 22.5 Å². The molecule has 0 amide bonds. The summed E-state index contributed by atoms with van der Waals surface area (Å²) in [4.78, 5) is 8.78. The van der Waals surface area contributed by atoms with Crippen molar-refractivity contribution in [2.24, 2.45) is 0 Å². The van der Waals surface area contributed by atoms with E-state index < -0.39 is 0 Å². The predicted molar refractivity (Wildman–Crippen MR) is 80.4 cm³/mol. The van der Waals surface area contributed by atoms with E-state index in [1.807, 2.05) is 47.1 Å². The monoisotopic (exact) mass is 276 g/mol. The van der Waals surface area contributed by atoms with Crippen LogP contribution < -0.4 is 5.73 Å². The van der Waals surface area contributed by atoms with Gasteiger partial charge >= 0.3 is 0 Å². The van der Waals surface area contributed by atoms with Gasteiger partial charge in [0.15, 0.2) is 11.5 Å². The second kappa shape index (κ2) is 4.45. The molecular weight excluding hydrogens is 264 g/mol. The number of hydrogen-bond donors (Lipinski definition) is 2. The van der Waals surface area contributed by atoms with Crippen LogP contribution in [-0.4, -0.2) is 24.6 Å². The van der Waals surface area contributed by atoms with Gasteiger partial charge in [-0.1, -0.05) is 30.3 Å². The molecule has 0 aliphatic heterocycles. The zero-order valence-electron chi connectivity index (χ0n) is 11.1. The number of nitrogens with zero attached hydrogens (tertiary/aromatic N) is 4. The summed E-state index contributed by atoms with van der Waals surface area (Å²) in [5.41, 5.74) is 10.4. The quantitative estimate of drug-likeness (QED) is 0.588. The van der Waals surface area contributed by atoms with Gasteiger partial charge in [-0.05, 0) is 0 Å². The minimum Gasteiger partial charge on any atom is -0.381 e. The number of nitrogens with one attached hydrogen (secondary N) is 1. The van der Waals surface area contributed by atoms with Crippen LogP contribution in [0.5, 0.6) is 0 Å². The van der Waals surface area contributed by atoms with Gasteiger partial charge in [0.2, 0.25) is 0 Å². The normalized spacial score (nSPS) is 11.0. The number of benzene rings is 1. The largest absolute Gasteiger partial charge is 0.381 e. The molecule has 0 aliphatic rings. The van der Waals surface area contributed by atoms with E-state index in [0.29, 0.717) is 11.5 Å². The average Bonchev–Trinajstić information content (AvgIpc) is 3.16. The van der Waals surface area contributed by atoms with Crippen LogP contribution in [0.4, 0.5) is 5.82 Å². The number of imidazole rings is 1. The Labute approximate surface area is 120 Å². The molecule has 0 atom stereocenters. The van der Waals surface area contributed by atoms with Crippen molar-refractivity contribution in [2.75, 3.05) is 5.73 Å². The fourth-order valence-corrected chi connectivity index (χ4v) is 2.36. The SMILES string of the molecule is Nc1nc(-c2ccccc2)cn2c(-c3cn[nH]c3)cnc12. The summed E-state index contributed by atoms with van der Waals surface area (Å²) in [6.45, 7) is 0. The average molecular weight is 276 g/mol. The van der Waals surface area contributed by atoms with Gasteiger partial charge in [0.05, 0.1) is 23.8 Å². The maximum atomic E-state index is 6.04. The number of nitrogens with two attached hydrogens (primary N) is 1. The Morgan fingerprint density at radius 3 is 2.67 bits per heavy atom. The molecule has 0 unspecified atom stereocenters. The highest BCUT2D eigenvalue weighted by Gasteiger charge is 2.12. The first-order chi connectivity index (χ1) is 10.3. The van der Waals surface area contributed by atoms with Gasteiger partial charge in [0.1, 0.15) is 0 Å². The number of nitrogen functional groups attached to an aromatic ring is 1. The van der Waals surface area contributed by atoms with Crippen LogP contribution in [0.25, 0.3) is 28.2 Å². The lowest BCUT2D eigenvalue weighted by molar-refractivity contribution is 1.09. The maximum absolute atomic E-state index is 6.04. The standard InChI is InChI=1S/C15H12N6/c16-14-15-17-8-13(11-6-18-19-7-11)21(15)9-12(20-14)10-4-2-1-3-5-10/h1-9H,(H2,16,20)(H,18,19). The molecule has 0 fully saturated rings. The lowest BCUT2D eigenvalue weighted by atomic mass is 10.1. The lowest BCUT2D eigenvalue weighted by Crippen LogP contribution is -1.99. The van der Waals surface area contributed by atoms with Gasteiger partial charge in [0.25, 0.3) is 0 Å². The number of hydrogen-bond acceptors (Lipinski definition) is 4. The van der Waals surface area contributed by atoms with Gasteiger partial charge < -0.3 is 5.73 Å². The number of anilines is 1. The van der Waals surface area contributed by atoms with Gasteiger partial charge in [-0.2, -0.15) is 5.10 Å². The summed E-state index contributed by atoms with van der Waals surface area (Å²) >= 11 is 0. The van der Waals surface area contributed by atoms with E-state index in [4.69, 9.17) is 5.73 Å². The number of aromatic amines is 1. The summed E-state index contributed by atoms with van der Waals surface area (Å²) in [6, 6.07) is 9.92. The zero-order chi connectivity index (χ0) is 14.2. The highest BCUT2D eigenvalue weighted by molar-refractivity contribution is 5.72. The van der Waals surface area contributed by atoms with Crippen LogP contribution in [0.15, 0.2) is 55.1 Å². The molecule has 3 heterocycles. The molecule has 0 aliphatic carbocycles. The second-order valence-electron chi connectivity index (χ2n) is 4.70. The minimum atomic E-state index is 0.408. The summed E-state index contributed by atoms with van der Waals surface area (Å²) < 4.78 is 1.94. The topological polar surface area (TPSA) is 84.9 Å². The highest BCUT2D eigenvalue weighted by atomic mass is 15.1. The maximum Gasteiger partial charge on any atom is 0.180 e. The zero-order valence-corrected chi connectivity index (χ0v) is 11.1. The molecule has 0 bridgehead atoms. The van der Waals surface area contributed by atoms with Crippen LogP contribution in [0.3, 0.4) is 0 Å². The molecule has 0 saturated carbocycles. The van der Waals surface area contributed by atoms with Crippen molar-refractivity contribution in [3.05, 3.63) is 55.1 Å². The highest BCUT2D eigenvalue weighted by Crippen LogP contribution is 2.25. The van der Waals surface area contributed by atoms with Crippen LogP contribution in [-0.2, 0) is 0 Å². The Morgan fingerprint density at radius 1 is 1.05 bits per heavy atom. The molecule has 0 saturated heterocycles. The van der Waals surface area contributed by atoms with E-state index in [1.54, 1.807) is 12.4 Å². The molecule has 4 rings (SSSR count). The van der Waals surface area contributed by atoms with Crippen LogP contribution in [0, 0.1) is 0 Å². The molecular formula is C15H12N6. The van der Waals surface area contributed by atoms with Crippen molar-refractivity contribution in [1.82, 2.24) is 24.6 Å². The summed E-state index contributed by atoms with van der Waals surface area (Å²) in [5.74, 6) is 0.408. The molecule has 6 heteroatoms. The lowest BCUT2D eigenvalue weighted by Gasteiger charge is -2.06. The van der Waals surface area contributed by atoms with E-state index in [1.165, 1.54) is 0 Å². The first kappa shape index (κ1) is 11.7. The van der Waals surface area contributed by atoms with E-state index >= 15 is 0 Å². The van der Waals surface area contributed by atoms with E-state index in [9.17, 15) is 0 Å². The van der Waals surface area contributed by atoms with Crippen LogP contribution >= 0.6 is 0 Å². The van der Waals surface area contributed by atoms with Crippen molar-refractivity contribution >= 4 is 11.5 Å². The van der Waals surface area contributed by atoms with Crippen molar-refractivity contribution in [2.45, 2.75) is 0 Å². The van der Waals surface area contributed by atoms with Crippen molar-refractivity contribution < 1.29 is 0 Å². The molecule has 3 N–H and O–H groups in total. The molecule has 102 valence electrons. The Bertz CT molecular complexity index is 893. The molecule has 4 aromatic rings. The fraction of sp³-hybridized carbons (Fsp3) is 0. The van der Waals surface area contributed by atoms with Gasteiger partial charge in [0, 0.05) is 23.5 Å². The molecule has 1 aromatic carbocycles. The van der Waals surface area contributed by atoms with Crippen molar-refractivity contribution in [3.8, 4) is 22.5 Å². The minimum absolute atomic E-state index is 0.408. The molecule has 0 spiro atoms. The first-order valence-electron chi connectivity index (χ1n) is 6.51. The molecule has 21 heavy (non-hydrogen) atoms. The second-order valence-corrected chi connectivity index (χ2v) is 4.70. The van der Waals surface area contributed by atoms with Crippen LogP contribution in [0.2, 0.25) is 0 Å². The van der Waals surface area contributed by atoms with Crippen LogP contribution in [0.1, 0.15) is 0 Å². The molecule has 3 aromatic heterocycles. The third-order valence-electron chi connectivity index (χ3n) is 3.38.